The van der Waals surface area contributed by atoms with Crippen LogP contribution in [0.5, 0.6) is 17.2 Å². The lowest BCUT2D eigenvalue weighted by Gasteiger charge is -2.14. The van der Waals surface area contributed by atoms with E-state index in [2.05, 4.69) is 20.7 Å². The van der Waals surface area contributed by atoms with E-state index in [1.807, 2.05) is 30.3 Å². The molecule has 1 aromatic heterocycles. The Morgan fingerprint density at radius 3 is 2.30 bits per heavy atom. The summed E-state index contributed by atoms with van der Waals surface area (Å²) in [6.07, 6.45) is 0. The molecule has 9 nitrogen and oxygen atoms in total. The predicted molar refractivity (Wildman–Crippen MR) is 98.0 cm³/mol. The van der Waals surface area contributed by atoms with Gasteiger partial charge in [0.2, 0.25) is 17.5 Å². The van der Waals surface area contributed by atoms with Gasteiger partial charge in [-0.1, -0.05) is 30.3 Å². The number of nitrogens with zero attached hydrogens (tertiary/aromatic N) is 4. The summed E-state index contributed by atoms with van der Waals surface area (Å²) in [6, 6.07) is 12.7. The zero-order valence-electron chi connectivity index (χ0n) is 15.2. The molecule has 3 rings (SSSR count). The molecule has 1 N–H and O–H groups in total. The maximum absolute atomic E-state index is 12.3. The Bertz CT molecular complexity index is 902. The molecule has 0 saturated carbocycles. The summed E-state index contributed by atoms with van der Waals surface area (Å²) in [5, 5.41) is 14.9. The van der Waals surface area contributed by atoms with E-state index < -0.39 is 0 Å². The smallest absolute Gasteiger partial charge is 0.248 e. The molecule has 0 saturated heterocycles. The first-order chi connectivity index (χ1) is 13.1. The van der Waals surface area contributed by atoms with Crippen LogP contribution in [0.3, 0.4) is 0 Å². The van der Waals surface area contributed by atoms with Gasteiger partial charge in [-0.2, -0.15) is 4.80 Å². The summed E-state index contributed by atoms with van der Waals surface area (Å²) in [4.78, 5) is 13.6. The molecule has 3 aromatic rings. The van der Waals surface area contributed by atoms with Gasteiger partial charge in [-0.05, 0) is 5.21 Å². The highest BCUT2D eigenvalue weighted by molar-refractivity contribution is 5.91. The number of amides is 1. The molecule has 2 aromatic carbocycles. The molecule has 1 amide bonds. The fraction of sp³-hybridized carbons (Fsp3) is 0.222. The third-order valence-electron chi connectivity index (χ3n) is 3.72. The Morgan fingerprint density at radius 2 is 1.70 bits per heavy atom. The third-order valence-corrected chi connectivity index (χ3v) is 3.72. The van der Waals surface area contributed by atoms with Crippen molar-refractivity contribution in [1.82, 2.24) is 20.2 Å². The summed E-state index contributed by atoms with van der Waals surface area (Å²) in [5.74, 6) is 1.47. The minimum Gasteiger partial charge on any atom is -0.493 e. The zero-order valence-corrected chi connectivity index (χ0v) is 15.2. The highest BCUT2D eigenvalue weighted by atomic mass is 16.5. The van der Waals surface area contributed by atoms with Crippen LogP contribution in [0.15, 0.2) is 42.5 Å². The first-order valence-corrected chi connectivity index (χ1v) is 8.07. The average Bonchev–Trinajstić information content (AvgIpc) is 3.16. The van der Waals surface area contributed by atoms with Crippen LogP contribution in [0, 0.1) is 0 Å². The Labute approximate surface area is 155 Å². The molecule has 9 heteroatoms. The summed E-state index contributed by atoms with van der Waals surface area (Å²) >= 11 is 0. The van der Waals surface area contributed by atoms with Crippen molar-refractivity contribution in [3.8, 4) is 28.6 Å². The van der Waals surface area contributed by atoms with Gasteiger partial charge in [0.15, 0.2) is 11.5 Å². The van der Waals surface area contributed by atoms with Crippen LogP contribution < -0.4 is 19.5 Å². The van der Waals surface area contributed by atoms with Crippen molar-refractivity contribution in [3.63, 3.8) is 0 Å². The molecule has 0 aliphatic heterocycles. The molecular weight excluding hydrogens is 350 g/mol. The number of benzene rings is 2. The van der Waals surface area contributed by atoms with Crippen LogP contribution in [0.2, 0.25) is 0 Å². The van der Waals surface area contributed by atoms with E-state index in [1.165, 1.54) is 26.1 Å². The number of nitrogens with one attached hydrogen (secondary N) is 1. The van der Waals surface area contributed by atoms with E-state index >= 15 is 0 Å². The molecule has 0 aliphatic carbocycles. The predicted octanol–water partition coefficient (Wildman–Crippen LogP) is 2.00. The van der Waals surface area contributed by atoms with E-state index in [4.69, 9.17) is 14.2 Å². The second-order valence-corrected chi connectivity index (χ2v) is 5.47. The van der Waals surface area contributed by atoms with Crippen molar-refractivity contribution in [2.45, 2.75) is 6.54 Å². The lowest BCUT2D eigenvalue weighted by atomic mass is 10.2. The molecule has 27 heavy (non-hydrogen) atoms. The van der Waals surface area contributed by atoms with Crippen molar-refractivity contribution in [3.05, 3.63) is 42.5 Å². The molecule has 0 unspecified atom stereocenters. The van der Waals surface area contributed by atoms with Crippen molar-refractivity contribution in [1.29, 1.82) is 0 Å². The first-order valence-electron chi connectivity index (χ1n) is 8.07. The Hall–Kier alpha value is -3.62. The number of methoxy groups -OCH3 is 3. The molecule has 0 atom stereocenters. The van der Waals surface area contributed by atoms with Crippen molar-refractivity contribution >= 4 is 11.6 Å². The number of ether oxygens (including phenoxy) is 3. The molecule has 0 bridgehead atoms. The minimum atomic E-state index is -0.318. The maximum Gasteiger partial charge on any atom is 0.248 e. The number of hydrogen-bond donors (Lipinski definition) is 1. The van der Waals surface area contributed by atoms with E-state index in [0.29, 0.717) is 28.8 Å². The van der Waals surface area contributed by atoms with Gasteiger partial charge in [-0.15, -0.1) is 10.2 Å². The number of hydrogen-bond acceptors (Lipinski definition) is 7. The van der Waals surface area contributed by atoms with E-state index in [9.17, 15) is 4.79 Å². The van der Waals surface area contributed by atoms with Gasteiger partial charge in [0, 0.05) is 23.4 Å². The van der Waals surface area contributed by atoms with Gasteiger partial charge in [-0.25, -0.2) is 0 Å². The SMILES string of the molecule is COc1cc(NC(=O)Cn2nnc(-c3ccccc3)n2)cc(OC)c1OC. The molecule has 0 fully saturated rings. The quantitative estimate of drug-likeness (QED) is 0.680. The summed E-state index contributed by atoms with van der Waals surface area (Å²) in [7, 11) is 4.53. The lowest BCUT2D eigenvalue weighted by Crippen LogP contribution is -2.20. The van der Waals surface area contributed by atoms with Gasteiger partial charge < -0.3 is 19.5 Å². The van der Waals surface area contributed by atoms with Gasteiger partial charge >= 0.3 is 0 Å². The van der Waals surface area contributed by atoms with E-state index in [0.717, 1.165) is 5.56 Å². The van der Waals surface area contributed by atoms with Crippen LogP contribution in [-0.4, -0.2) is 47.4 Å². The standard InChI is InChI=1S/C18H19N5O4/c1-25-14-9-13(10-15(26-2)17(14)27-3)19-16(24)11-23-21-18(20-22-23)12-7-5-4-6-8-12/h4-10H,11H2,1-3H3,(H,19,24). The number of tetrazole rings is 1. The summed E-state index contributed by atoms with van der Waals surface area (Å²) < 4.78 is 15.8. The molecule has 0 spiro atoms. The third kappa shape index (κ3) is 4.14. The monoisotopic (exact) mass is 369 g/mol. The second kappa shape index (κ2) is 8.17. The number of aromatic nitrogens is 4. The number of rotatable bonds is 7. The average molecular weight is 369 g/mol. The zero-order chi connectivity index (χ0) is 19.2. The van der Waals surface area contributed by atoms with Crippen LogP contribution in [0.25, 0.3) is 11.4 Å². The van der Waals surface area contributed by atoms with Crippen LogP contribution in [0.4, 0.5) is 5.69 Å². The van der Waals surface area contributed by atoms with Crippen molar-refractivity contribution < 1.29 is 19.0 Å². The Kier molecular flexibility index (Phi) is 5.50. The highest BCUT2D eigenvalue weighted by Crippen LogP contribution is 2.39. The van der Waals surface area contributed by atoms with E-state index in [-0.39, 0.29) is 12.5 Å². The van der Waals surface area contributed by atoms with E-state index in [1.54, 1.807) is 12.1 Å². The fourth-order valence-electron chi connectivity index (χ4n) is 2.50. The normalized spacial score (nSPS) is 10.3. The Balaban J connectivity index is 1.72. The lowest BCUT2D eigenvalue weighted by molar-refractivity contribution is -0.117. The van der Waals surface area contributed by atoms with Crippen LogP contribution in [0.1, 0.15) is 0 Å². The second-order valence-electron chi connectivity index (χ2n) is 5.47. The van der Waals surface area contributed by atoms with Crippen molar-refractivity contribution in [2.24, 2.45) is 0 Å². The number of carbonyl (C=O) groups excluding carboxylic acids is 1. The highest BCUT2D eigenvalue weighted by Gasteiger charge is 2.15. The topological polar surface area (TPSA) is 100 Å². The summed E-state index contributed by atoms with van der Waals surface area (Å²) in [5.41, 5.74) is 1.33. The molecule has 1 heterocycles. The molecule has 140 valence electrons. The van der Waals surface area contributed by atoms with Gasteiger partial charge in [0.05, 0.1) is 21.3 Å². The maximum atomic E-state index is 12.3. The molecular formula is C18H19N5O4. The van der Waals surface area contributed by atoms with Gasteiger partial charge in [-0.3, -0.25) is 4.79 Å². The number of carbonyl (C=O) groups is 1. The largest absolute Gasteiger partial charge is 0.493 e. The van der Waals surface area contributed by atoms with Gasteiger partial charge in [0.25, 0.3) is 0 Å². The van der Waals surface area contributed by atoms with Crippen LogP contribution >= 0.6 is 0 Å². The number of anilines is 1. The fourth-order valence-corrected chi connectivity index (χ4v) is 2.50. The Morgan fingerprint density at radius 1 is 1.04 bits per heavy atom. The minimum absolute atomic E-state index is 0.0868. The van der Waals surface area contributed by atoms with Gasteiger partial charge in [0.1, 0.15) is 6.54 Å². The van der Waals surface area contributed by atoms with Crippen LogP contribution in [-0.2, 0) is 11.3 Å². The first kappa shape index (κ1) is 18.2. The molecule has 0 radical (unpaired) electrons. The summed E-state index contributed by atoms with van der Waals surface area (Å²) in [6.45, 7) is -0.0868. The van der Waals surface area contributed by atoms with Crippen molar-refractivity contribution in [2.75, 3.05) is 26.6 Å². The molecule has 0 aliphatic rings.